The SMILES string of the molecule is CCCCCCCCCC(=O)S(=O)(=O)O.[H-].[Na+]. The number of carbonyl (C=O) groups is 1. The van der Waals surface area contributed by atoms with Gasteiger partial charge in [0.1, 0.15) is 0 Å². The molecule has 0 fully saturated rings. The van der Waals surface area contributed by atoms with Gasteiger partial charge >= 0.3 is 39.7 Å². The van der Waals surface area contributed by atoms with E-state index in [-0.39, 0.29) is 37.4 Å². The average molecular weight is 260 g/mol. The minimum absolute atomic E-state index is 0. The largest absolute Gasteiger partial charge is 1.00 e. The number of hydrogen-bond donors (Lipinski definition) is 1. The Labute approximate surface area is 122 Å². The zero-order valence-electron chi connectivity index (χ0n) is 11.2. The third-order valence-electron chi connectivity index (χ3n) is 2.27. The summed E-state index contributed by atoms with van der Waals surface area (Å²) in [6.45, 7) is 2.14. The van der Waals surface area contributed by atoms with Gasteiger partial charge in [-0.2, -0.15) is 8.42 Å². The molecule has 0 atom stereocenters. The normalized spacial score (nSPS) is 10.9. The zero-order chi connectivity index (χ0) is 11.7. The maximum Gasteiger partial charge on any atom is 1.00 e. The predicted octanol–water partition coefficient (Wildman–Crippen LogP) is -0.342. The molecule has 0 aromatic carbocycles. The molecule has 1 N–H and O–H groups in total. The van der Waals surface area contributed by atoms with Crippen LogP contribution in [0.25, 0.3) is 0 Å². The predicted molar refractivity (Wildman–Crippen MR) is 60.3 cm³/mol. The van der Waals surface area contributed by atoms with Crippen molar-refractivity contribution in [2.45, 2.75) is 58.3 Å². The standard InChI is InChI=1S/C10H20O4S.Na.H/c1-2-3-4-5-6-7-8-9-10(11)15(12,13)14;;/h2-9H2,1H3,(H,12,13,14);;/q;+1;-1. The van der Waals surface area contributed by atoms with Crippen molar-refractivity contribution in [1.82, 2.24) is 0 Å². The summed E-state index contributed by atoms with van der Waals surface area (Å²) in [4.78, 5) is 10.8. The Hall–Kier alpha value is 0.580. The van der Waals surface area contributed by atoms with Crippen molar-refractivity contribution in [2.24, 2.45) is 0 Å². The minimum atomic E-state index is -4.44. The van der Waals surface area contributed by atoms with Crippen LogP contribution in [0.15, 0.2) is 0 Å². The Morgan fingerprint density at radius 3 is 1.94 bits per heavy atom. The van der Waals surface area contributed by atoms with Gasteiger partial charge in [0.15, 0.2) is 0 Å². The van der Waals surface area contributed by atoms with E-state index in [4.69, 9.17) is 4.55 Å². The molecule has 16 heavy (non-hydrogen) atoms. The summed E-state index contributed by atoms with van der Waals surface area (Å²) in [6, 6.07) is 0. The first-order chi connectivity index (χ1) is 6.98. The van der Waals surface area contributed by atoms with Gasteiger partial charge in [0.25, 0.3) is 5.12 Å². The van der Waals surface area contributed by atoms with Gasteiger partial charge in [-0.3, -0.25) is 9.35 Å². The quantitative estimate of drug-likeness (QED) is 0.368. The molecule has 0 rings (SSSR count). The molecule has 92 valence electrons. The fourth-order valence-electron chi connectivity index (χ4n) is 1.36. The average Bonchev–Trinajstić information content (AvgIpc) is 2.14. The maximum atomic E-state index is 10.8. The molecule has 6 heteroatoms. The molecule has 4 nitrogen and oxygen atoms in total. The van der Waals surface area contributed by atoms with Crippen LogP contribution in [0, 0.1) is 0 Å². The van der Waals surface area contributed by atoms with Crippen LogP contribution in [0.1, 0.15) is 59.7 Å². The Bertz CT molecular complexity index is 280. The van der Waals surface area contributed by atoms with Gasteiger partial charge in [-0.15, -0.1) is 0 Å². The van der Waals surface area contributed by atoms with Crippen LogP contribution in [-0.2, 0) is 14.9 Å². The van der Waals surface area contributed by atoms with E-state index in [0.717, 1.165) is 19.3 Å². The molecule has 0 aromatic heterocycles. The van der Waals surface area contributed by atoms with E-state index in [0.29, 0.717) is 6.42 Å². The second-order valence-corrected chi connectivity index (χ2v) is 5.12. The molecule has 0 spiro atoms. The van der Waals surface area contributed by atoms with Crippen molar-refractivity contribution in [1.29, 1.82) is 0 Å². The van der Waals surface area contributed by atoms with Gasteiger partial charge in [-0.25, -0.2) is 0 Å². The van der Waals surface area contributed by atoms with Crippen molar-refractivity contribution in [3.8, 4) is 0 Å². The first kappa shape index (κ1) is 18.9. The summed E-state index contributed by atoms with van der Waals surface area (Å²) in [5, 5.41) is -1.06. The molecule has 0 aliphatic rings. The first-order valence-corrected chi connectivity index (χ1v) is 6.92. The van der Waals surface area contributed by atoms with E-state index in [1.54, 1.807) is 0 Å². The van der Waals surface area contributed by atoms with Crippen LogP contribution < -0.4 is 29.6 Å². The zero-order valence-corrected chi connectivity index (χ0v) is 13.1. The molecular formula is C10H21NaO4S. The fourth-order valence-corrected chi connectivity index (χ4v) is 1.76. The van der Waals surface area contributed by atoms with E-state index < -0.39 is 15.2 Å². The summed E-state index contributed by atoms with van der Waals surface area (Å²) in [5.74, 6) is 0. The molecule has 0 saturated heterocycles. The minimum Gasteiger partial charge on any atom is -1.00 e. The van der Waals surface area contributed by atoms with Gasteiger partial charge < -0.3 is 1.43 Å². The Morgan fingerprint density at radius 2 is 1.50 bits per heavy atom. The van der Waals surface area contributed by atoms with Crippen LogP contribution in [0.2, 0.25) is 0 Å². The fraction of sp³-hybridized carbons (Fsp3) is 0.900. The summed E-state index contributed by atoms with van der Waals surface area (Å²) >= 11 is 0. The summed E-state index contributed by atoms with van der Waals surface area (Å²) in [6.07, 6.45) is 7.11. The molecule has 0 saturated carbocycles. The molecule has 0 aliphatic heterocycles. The second kappa shape index (κ2) is 10.7. The van der Waals surface area contributed by atoms with Gasteiger partial charge in [-0.1, -0.05) is 45.4 Å². The van der Waals surface area contributed by atoms with Crippen LogP contribution >= 0.6 is 0 Å². The molecule has 0 aliphatic carbocycles. The number of rotatable bonds is 8. The van der Waals surface area contributed by atoms with E-state index in [1.807, 2.05) is 0 Å². The molecule has 0 amide bonds. The van der Waals surface area contributed by atoms with Crippen molar-refractivity contribution in [3.05, 3.63) is 0 Å². The van der Waals surface area contributed by atoms with Gasteiger partial charge in [0.05, 0.1) is 0 Å². The first-order valence-electron chi connectivity index (χ1n) is 5.48. The van der Waals surface area contributed by atoms with Crippen molar-refractivity contribution >= 4 is 15.2 Å². The third kappa shape index (κ3) is 11.1. The summed E-state index contributed by atoms with van der Waals surface area (Å²) < 4.78 is 29.1. The van der Waals surface area contributed by atoms with Crippen molar-refractivity contribution < 1.29 is 48.7 Å². The van der Waals surface area contributed by atoms with E-state index in [2.05, 4.69) is 6.92 Å². The molecule has 0 heterocycles. The Balaban J connectivity index is -0.000000980. The molecular weight excluding hydrogens is 239 g/mol. The van der Waals surface area contributed by atoms with Crippen LogP contribution in [-0.4, -0.2) is 18.1 Å². The topological polar surface area (TPSA) is 71.4 Å². The summed E-state index contributed by atoms with van der Waals surface area (Å²) in [7, 11) is -4.44. The van der Waals surface area contributed by atoms with E-state index in [1.165, 1.54) is 19.3 Å². The van der Waals surface area contributed by atoms with E-state index >= 15 is 0 Å². The van der Waals surface area contributed by atoms with Crippen molar-refractivity contribution in [2.75, 3.05) is 0 Å². The smallest absolute Gasteiger partial charge is 1.00 e. The Morgan fingerprint density at radius 1 is 1.06 bits per heavy atom. The van der Waals surface area contributed by atoms with Crippen molar-refractivity contribution in [3.63, 3.8) is 0 Å². The van der Waals surface area contributed by atoms with Gasteiger partial charge in [0.2, 0.25) is 0 Å². The maximum absolute atomic E-state index is 10.8. The van der Waals surface area contributed by atoms with Crippen LogP contribution in [0.3, 0.4) is 0 Å². The molecule has 0 unspecified atom stereocenters. The number of hydrogen-bond acceptors (Lipinski definition) is 3. The summed E-state index contributed by atoms with van der Waals surface area (Å²) in [5.41, 5.74) is 0. The number of unbranched alkanes of at least 4 members (excludes halogenated alkanes) is 6. The monoisotopic (exact) mass is 260 g/mol. The van der Waals surface area contributed by atoms with Gasteiger partial charge in [0, 0.05) is 6.42 Å². The molecule has 0 radical (unpaired) electrons. The number of carbonyl (C=O) groups excluding carboxylic acids is 1. The third-order valence-corrected chi connectivity index (χ3v) is 3.05. The molecule has 0 bridgehead atoms. The van der Waals surface area contributed by atoms with Crippen LogP contribution in [0.4, 0.5) is 0 Å². The van der Waals surface area contributed by atoms with Crippen LogP contribution in [0.5, 0.6) is 0 Å². The second-order valence-electron chi connectivity index (χ2n) is 3.72. The van der Waals surface area contributed by atoms with Gasteiger partial charge in [-0.05, 0) is 6.42 Å². The van der Waals surface area contributed by atoms with E-state index in [9.17, 15) is 13.2 Å². The molecule has 0 aromatic rings. The Kier molecular flexibility index (Phi) is 12.7.